The quantitative estimate of drug-likeness (QED) is 0.401. The van der Waals surface area contributed by atoms with Crippen molar-refractivity contribution in [2.75, 3.05) is 36.8 Å². The van der Waals surface area contributed by atoms with Gasteiger partial charge in [0.15, 0.2) is 0 Å². The zero-order valence-corrected chi connectivity index (χ0v) is 20.0. The number of nitrogens with zero attached hydrogens (tertiary/aromatic N) is 6. The number of hydrogen-bond donors (Lipinski definition) is 2. The molecule has 0 bridgehead atoms. The van der Waals surface area contributed by atoms with Crippen LogP contribution in [0.4, 0.5) is 10.3 Å². The molecule has 2 aromatic heterocycles. The first-order chi connectivity index (χ1) is 16.9. The minimum atomic E-state index is -3.56. The average Bonchev–Trinajstić information content (AvgIpc) is 2.89. The van der Waals surface area contributed by atoms with Gasteiger partial charge in [-0.1, -0.05) is 12.1 Å². The van der Waals surface area contributed by atoms with E-state index in [9.17, 15) is 18.0 Å². The monoisotopic (exact) mass is 501 g/mol. The van der Waals surface area contributed by atoms with Gasteiger partial charge in [0, 0.05) is 69.0 Å². The number of hydrogen-bond acceptors (Lipinski definition) is 9. The highest BCUT2D eigenvalue weighted by molar-refractivity contribution is 7.89. The van der Waals surface area contributed by atoms with Gasteiger partial charge >= 0.3 is 0 Å². The van der Waals surface area contributed by atoms with E-state index in [2.05, 4.69) is 25.4 Å². The van der Waals surface area contributed by atoms with Crippen molar-refractivity contribution in [3.05, 3.63) is 66.8 Å². The topological polar surface area (TPSA) is 124 Å². The molecule has 10 nitrogen and oxygen atoms in total. The van der Waals surface area contributed by atoms with Crippen molar-refractivity contribution in [1.82, 2.24) is 29.7 Å². The van der Waals surface area contributed by atoms with Crippen molar-refractivity contribution < 1.29 is 18.0 Å². The Labute approximate surface area is 203 Å². The summed E-state index contributed by atoms with van der Waals surface area (Å²) < 4.78 is 40.4. The van der Waals surface area contributed by atoms with Crippen molar-refractivity contribution in [3.63, 3.8) is 0 Å². The summed E-state index contributed by atoms with van der Waals surface area (Å²) in [6.07, 6.45) is 8.42. The van der Waals surface area contributed by atoms with Crippen LogP contribution in [0.5, 0.6) is 0 Å². The van der Waals surface area contributed by atoms with Gasteiger partial charge in [-0.05, 0) is 36.6 Å². The number of anilines is 1. The second kappa shape index (κ2) is 11.6. The van der Waals surface area contributed by atoms with Crippen LogP contribution in [0.15, 0.2) is 55.1 Å². The molecule has 35 heavy (non-hydrogen) atoms. The van der Waals surface area contributed by atoms with E-state index in [-0.39, 0.29) is 11.6 Å². The van der Waals surface area contributed by atoms with E-state index in [4.69, 9.17) is 0 Å². The number of aromatic nitrogens is 4. The van der Waals surface area contributed by atoms with Gasteiger partial charge in [0.25, 0.3) is 0 Å². The lowest BCUT2D eigenvalue weighted by Crippen LogP contribution is -2.51. The van der Waals surface area contributed by atoms with Crippen molar-refractivity contribution >= 4 is 16.0 Å². The standard InChI is InChI=1S/C23H28FN7O3S/c24-20-7-5-18(6-8-20)19-15-27-23(28-16-19)30-11-13-31(14-12-30)35(33,34)17-21(29-32)3-1-4-22-25-9-2-10-26-22/h2,5-10,15-16,21,29,32H,1,3-4,11-14,17H2. The maximum atomic E-state index is 13.1. The fourth-order valence-corrected chi connectivity index (χ4v) is 5.63. The fourth-order valence-electron chi connectivity index (χ4n) is 3.95. The molecule has 1 aliphatic rings. The maximum absolute atomic E-state index is 13.1. The molecule has 0 amide bonds. The number of benzene rings is 1. The predicted molar refractivity (Wildman–Crippen MR) is 129 cm³/mol. The molecule has 0 radical (unpaired) electrons. The summed E-state index contributed by atoms with van der Waals surface area (Å²) in [6.45, 7) is 1.53. The Kier molecular flexibility index (Phi) is 8.29. The lowest BCUT2D eigenvalue weighted by Gasteiger charge is -2.34. The van der Waals surface area contributed by atoms with Gasteiger partial charge in [0.1, 0.15) is 11.6 Å². The Hall–Kier alpha value is -3.06. The highest BCUT2D eigenvalue weighted by Crippen LogP contribution is 2.20. The first kappa shape index (κ1) is 25.0. The molecule has 1 aromatic carbocycles. The zero-order chi connectivity index (χ0) is 24.7. The number of hydroxylamine groups is 1. The van der Waals surface area contributed by atoms with Gasteiger partial charge in [-0.15, -0.1) is 0 Å². The Balaban J connectivity index is 1.27. The summed E-state index contributed by atoms with van der Waals surface area (Å²) in [4.78, 5) is 19.1. The van der Waals surface area contributed by atoms with Crippen LogP contribution in [0.3, 0.4) is 0 Å². The summed E-state index contributed by atoms with van der Waals surface area (Å²) in [5, 5.41) is 9.49. The van der Waals surface area contributed by atoms with Crippen LogP contribution in [0.1, 0.15) is 18.7 Å². The van der Waals surface area contributed by atoms with Crippen molar-refractivity contribution in [2.45, 2.75) is 25.3 Å². The lowest BCUT2D eigenvalue weighted by atomic mass is 10.1. The zero-order valence-electron chi connectivity index (χ0n) is 19.2. The van der Waals surface area contributed by atoms with E-state index >= 15 is 0 Å². The summed E-state index contributed by atoms with van der Waals surface area (Å²) in [6, 6.07) is 7.27. The number of aryl methyl sites for hydroxylation is 1. The fraction of sp³-hybridized carbons (Fsp3) is 0.391. The van der Waals surface area contributed by atoms with Crippen LogP contribution in [0.25, 0.3) is 11.1 Å². The first-order valence-corrected chi connectivity index (χ1v) is 13.0. The molecule has 12 heteroatoms. The molecular formula is C23H28FN7O3S. The largest absolute Gasteiger partial charge is 0.338 e. The molecule has 3 aromatic rings. The molecule has 0 aliphatic carbocycles. The Morgan fingerprint density at radius 3 is 2.26 bits per heavy atom. The summed E-state index contributed by atoms with van der Waals surface area (Å²) in [7, 11) is -3.56. The van der Waals surface area contributed by atoms with Crippen LogP contribution < -0.4 is 10.4 Å². The second-order valence-corrected chi connectivity index (χ2v) is 10.3. The highest BCUT2D eigenvalue weighted by atomic mass is 32.2. The van der Waals surface area contributed by atoms with Crippen LogP contribution in [0, 0.1) is 5.82 Å². The van der Waals surface area contributed by atoms with E-state index in [0.29, 0.717) is 57.2 Å². The summed E-state index contributed by atoms with van der Waals surface area (Å²) in [5.41, 5.74) is 3.73. The Bertz CT molecular complexity index is 1170. The number of nitrogens with one attached hydrogen (secondary N) is 1. The van der Waals surface area contributed by atoms with Gasteiger partial charge in [-0.25, -0.2) is 38.2 Å². The highest BCUT2D eigenvalue weighted by Gasteiger charge is 2.30. The number of sulfonamides is 1. The SMILES string of the molecule is O=S(=O)(CC(CCCc1ncccn1)NO)N1CCN(c2ncc(-c3ccc(F)cc3)cn2)CC1. The van der Waals surface area contributed by atoms with Crippen molar-refractivity contribution in [1.29, 1.82) is 0 Å². The molecule has 0 spiro atoms. The van der Waals surface area contributed by atoms with E-state index < -0.39 is 16.1 Å². The van der Waals surface area contributed by atoms with Gasteiger partial charge in [-0.2, -0.15) is 4.31 Å². The smallest absolute Gasteiger partial charge is 0.225 e. The number of piperazine rings is 1. The van der Waals surface area contributed by atoms with E-state index in [1.54, 1.807) is 43.0 Å². The summed E-state index contributed by atoms with van der Waals surface area (Å²) in [5.74, 6) is 0.714. The van der Waals surface area contributed by atoms with Crippen LogP contribution in [-0.2, 0) is 16.4 Å². The van der Waals surface area contributed by atoms with Gasteiger partial charge in [0.2, 0.25) is 16.0 Å². The molecule has 1 fully saturated rings. The Morgan fingerprint density at radius 1 is 0.971 bits per heavy atom. The molecule has 1 saturated heterocycles. The Morgan fingerprint density at radius 2 is 1.63 bits per heavy atom. The normalized spacial score (nSPS) is 15.8. The maximum Gasteiger partial charge on any atom is 0.225 e. The van der Waals surface area contributed by atoms with E-state index in [1.165, 1.54) is 16.4 Å². The first-order valence-electron chi connectivity index (χ1n) is 11.4. The van der Waals surface area contributed by atoms with Gasteiger partial charge < -0.3 is 10.1 Å². The van der Waals surface area contributed by atoms with Crippen molar-refractivity contribution in [3.8, 4) is 11.1 Å². The molecule has 186 valence electrons. The molecular weight excluding hydrogens is 473 g/mol. The van der Waals surface area contributed by atoms with Crippen LogP contribution >= 0.6 is 0 Å². The van der Waals surface area contributed by atoms with E-state index in [1.807, 2.05) is 4.90 Å². The van der Waals surface area contributed by atoms with Crippen LogP contribution in [-0.4, -0.2) is 75.8 Å². The van der Waals surface area contributed by atoms with Crippen molar-refractivity contribution in [2.24, 2.45) is 0 Å². The molecule has 2 N–H and O–H groups in total. The molecule has 0 saturated carbocycles. The minimum absolute atomic E-state index is 0.192. The third-order valence-corrected chi connectivity index (χ3v) is 7.87. The van der Waals surface area contributed by atoms with Gasteiger partial charge in [-0.3, -0.25) is 0 Å². The third-order valence-electron chi connectivity index (χ3n) is 5.90. The third kappa shape index (κ3) is 6.75. The molecule has 1 unspecified atom stereocenters. The minimum Gasteiger partial charge on any atom is -0.338 e. The molecule has 3 heterocycles. The lowest BCUT2D eigenvalue weighted by molar-refractivity contribution is 0.128. The average molecular weight is 502 g/mol. The van der Waals surface area contributed by atoms with Gasteiger partial charge in [0.05, 0.1) is 5.75 Å². The molecule has 4 rings (SSSR count). The summed E-state index contributed by atoms with van der Waals surface area (Å²) >= 11 is 0. The second-order valence-electron chi connectivity index (χ2n) is 8.33. The molecule has 1 atom stereocenters. The molecule has 1 aliphatic heterocycles. The number of halogens is 1. The van der Waals surface area contributed by atoms with E-state index in [0.717, 1.165) is 11.1 Å². The predicted octanol–water partition coefficient (Wildman–Crippen LogP) is 1.89. The number of rotatable bonds is 10. The van der Waals surface area contributed by atoms with Crippen LogP contribution in [0.2, 0.25) is 0 Å².